The summed E-state index contributed by atoms with van der Waals surface area (Å²) in [5.74, 6) is -0.518. The number of aliphatic hydroxyl groups excluding tert-OH is 1. The first-order valence-corrected chi connectivity index (χ1v) is 6.14. The molecule has 1 aromatic carbocycles. The Morgan fingerprint density at radius 2 is 2.35 bits per heavy atom. The lowest BCUT2D eigenvalue weighted by Crippen LogP contribution is -2.29. The number of carbonyl (C=O) groups is 1. The molecule has 0 bridgehead atoms. The van der Waals surface area contributed by atoms with Gasteiger partial charge in [0.15, 0.2) is 0 Å². The van der Waals surface area contributed by atoms with Crippen LogP contribution in [0.3, 0.4) is 0 Å². The van der Waals surface area contributed by atoms with Crippen molar-refractivity contribution in [3.63, 3.8) is 0 Å². The van der Waals surface area contributed by atoms with Crippen LogP contribution in [0.2, 0.25) is 0 Å². The highest BCUT2D eigenvalue weighted by Gasteiger charge is 2.25. The fourth-order valence-corrected chi connectivity index (χ4v) is 2.22. The van der Waals surface area contributed by atoms with E-state index in [9.17, 15) is 14.3 Å². The predicted molar refractivity (Wildman–Crippen MR) is 60.8 cm³/mol. The summed E-state index contributed by atoms with van der Waals surface area (Å²) in [7, 11) is 0. The average molecular weight is 257 g/mol. The molecule has 4 nitrogen and oxygen atoms in total. The first kappa shape index (κ1) is 12.3. The number of rotatable bonds is 3. The number of nitrogens with zero attached hydrogens (tertiary/aromatic N) is 1. The molecule has 1 saturated heterocycles. The minimum atomic E-state index is -0.627. The Morgan fingerprint density at radius 1 is 1.59 bits per heavy atom. The second-order valence-corrected chi connectivity index (χ2v) is 4.64. The van der Waals surface area contributed by atoms with Crippen molar-refractivity contribution in [2.75, 3.05) is 18.9 Å². The van der Waals surface area contributed by atoms with Gasteiger partial charge >= 0.3 is 0 Å². The standard InChI is InChI=1S/C11H12FNO3S/c12-9-3-1-2-4-10(9)17-7-11(15)13-5-8(14)6-16-13/h1-4,8,14H,5-7H2/t8-/m0/s1. The molecule has 2 rings (SSSR count). The van der Waals surface area contributed by atoms with E-state index < -0.39 is 6.10 Å². The first-order valence-electron chi connectivity index (χ1n) is 5.15. The Kier molecular flexibility index (Phi) is 3.98. The van der Waals surface area contributed by atoms with Crippen LogP contribution < -0.4 is 0 Å². The van der Waals surface area contributed by atoms with Gasteiger partial charge < -0.3 is 5.11 Å². The SMILES string of the molecule is O=C(CSc1ccccc1F)N1C[C@H](O)CO1. The van der Waals surface area contributed by atoms with E-state index in [1.54, 1.807) is 18.2 Å². The van der Waals surface area contributed by atoms with Gasteiger partial charge in [0.25, 0.3) is 5.91 Å². The number of halogens is 1. The molecule has 1 aromatic rings. The monoisotopic (exact) mass is 257 g/mol. The quantitative estimate of drug-likeness (QED) is 0.822. The minimum absolute atomic E-state index is 0.0909. The lowest BCUT2D eigenvalue weighted by molar-refractivity contribution is -0.165. The van der Waals surface area contributed by atoms with Gasteiger partial charge in [-0.05, 0) is 12.1 Å². The first-order chi connectivity index (χ1) is 8.16. The molecule has 0 radical (unpaired) electrons. The summed E-state index contributed by atoms with van der Waals surface area (Å²) in [6.45, 7) is 0.312. The number of benzene rings is 1. The molecular weight excluding hydrogens is 245 g/mol. The molecule has 1 aliphatic rings. The fraction of sp³-hybridized carbons (Fsp3) is 0.364. The summed E-state index contributed by atoms with van der Waals surface area (Å²) < 4.78 is 13.3. The van der Waals surface area contributed by atoms with Crippen LogP contribution in [0, 0.1) is 5.82 Å². The van der Waals surface area contributed by atoms with Crippen molar-refractivity contribution in [2.45, 2.75) is 11.0 Å². The number of thioether (sulfide) groups is 1. The van der Waals surface area contributed by atoms with E-state index in [0.717, 1.165) is 16.8 Å². The molecule has 1 amide bonds. The highest BCUT2D eigenvalue weighted by molar-refractivity contribution is 8.00. The Morgan fingerprint density at radius 3 is 3.00 bits per heavy atom. The number of aliphatic hydroxyl groups is 1. The molecule has 1 fully saturated rings. The van der Waals surface area contributed by atoms with Crippen LogP contribution >= 0.6 is 11.8 Å². The van der Waals surface area contributed by atoms with Crippen molar-refractivity contribution in [3.8, 4) is 0 Å². The predicted octanol–water partition coefficient (Wildman–Crippen LogP) is 1.05. The third kappa shape index (κ3) is 3.18. The molecule has 17 heavy (non-hydrogen) atoms. The summed E-state index contributed by atoms with van der Waals surface area (Å²) in [6, 6.07) is 6.28. The second-order valence-electron chi connectivity index (χ2n) is 3.62. The number of carbonyl (C=O) groups excluding carboxylic acids is 1. The smallest absolute Gasteiger partial charge is 0.256 e. The van der Waals surface area contributed by atoms with Crippen molar-refractivity contribution < 1.29 is 19.1 Å². The Bertz CT molecular complexity index is 415. The molecule has 1 atom stereocenters. The third-order valence-corrected chi connectivity index (χ3v) is 3.30. The van der Waals surface area contributed by atoms with Gasteiger partial charge in [-0.3, -0.25) is 9.63 Å². The van der Waals surface area contributed by atoms with Gasteiger partial charge in [-0.25, -0.2) is 9.45 Å². The van der Waals surface area contributed by atoms with Gasteiger partial charge in [0.1, 0.15) is 12.4 Å². The molecule has 6 heteroatoms. The number of hydrogen-bond donors (Lipinski definition) is 1. The number of hydrogen-bond acceptors (Lipinski definition) is 4. The largest absolute Gasteiger partial charge is 0.389 e. The zero-order valence-corrected chi connectivity index (χ0v) is 9.82. The molecule has 1 aliphatic heterocycles. The molecule has 0 saturated carbocycles. The molecule has 1 N–H and O–H groups in total. The fourth-order valence-electron chi connectivity index (χ4n) is 1.42. The topological polar surface area (TPSA) is 49.8 Å². The van der Waals surface area contributed by atoms with Crippen molar-refractivity contribution >= 4 is 17.7 Å². The zero-order valence-electron chi connectivity index (χ0n) is 9.01. The third-order valence-electron chi connectivity index (χ3n) is 2.27. The molecule has 0 aromatic heterocycles. The van der Waals surface area contributed by atoms with Crippen LogP contribution in [-0.2, 0) is 9.63 Å². The summed E-state index contributed by atoms with van der Waals surface area (Å²) in [5, 5.41) is 10.3. The van der Waals surface area contributed by atoms with Crippen molar-refractivity contribution in [3.05, 3.63) is 30.1 Å². The second kappa shape index (κ2) is 5.48. The van der Waals surface area contributed by atoms with Crippen LogP contribution in [0.5, 0.6) is 0 Å². The van der Waals surface area contributed by atoms with Gasteiger partial charge in [-0.2, -0.15) is 0 Å². The maximum Gasteiger partial charge on any atom is 0.256 e. The highest BCUT2D eigenvalue weighted by atomic mass is 32.2. The number of β-amino-alcohol motifs (C(OH)–C–C–N with tert-alkyl or cyclic N) is 1. The van der Waals surface area contributed by atoms with Gasteiger partial charge in [0.2, 0.25) is 0 Å². The van der Waals surface area contributed by atoms with Gasteiger partial charge in [0, 0.05) is 4.90 Å². The molecule has 0 aliphatic carbocycles. The van der Waals surface area contributed by atoms with E-state index in [1.807, 2.05) is 0 Å². The van der Waals surface area contributed by atoms with Crippen LogP contribution in [0.25, 0.3) is 0 Å². The maximum absolute atomic E-state index is 13.3. The van der Waals surface area contributed by atoms with Gasteiger partial charge in [-0.1, -0.05) is 12.1 Å². The average Bonchev–Trinajstić information content (AvgIpc) is 2.74. The van der Waals surface area contributed by atoms with E-state index in [1.165, 1.54) is 6.07 Å². The van der Waals surface area contributed by atoms with Crippen LogP contribution in [0.4, 0.5) is 4.39 Å². The van der Waals surface area contributed by atoms with Gasteiger partial charge in [-0.15, -0.1) is 11.8 Å². The minimum Gasteiger partial charge on any atom is -0.389 e. The summed E-state index contributed by atoms with van der Waals surface area (Å²) in [4.78, 5) is 17.0. The van der Waals surface area contributed by atoms with E-state index >= 15 is 0 Å². The summed E-state index contributed by atoms with van der Waals surface area (Å²) in [6.07, 6.45) is -0.627. The molecular formula is C11H12FNO3S. The summed E-state index contributed by atoms with van der Waals surface area (Å²) in [5.41, 5.74) is 0. The Labute approximate surface area is 102 Å². The normalized spacial score (nSPS) is 19.6. The lowest BCUT2D eigenvalue weighted by atomic mass is 10.3. The highest BCUT2D eigenvalue weighted by Crippen LogP contribution is 2.22. The lowest BCUT2D eigenvalue weighted by Gasteiger charge is -2.13. The molecule has 0 unspecified atom stereocenters. The van der Waals surface area contributed by atoms with E-state index in [-0.39, 0.29) is 30.6 Å². The number of amides is 1. The molecule has 92 valence electrons. The van der Waals surface area contributed by atoms with E-state index in [0.29, 0.717) is 4.90 Å². The Balaban J connectivity index is 1.86. The Hall–Kier alpha value is -1.11. The maximum atomic E-state index is 13.3. The number of hydroxylamine groups is 2. The van der Waals surface area contributed by atoms with Crippen molar-refractivity contribution in [1.82, 2.24) is 5.06 Å². The van der Waals surface area contributed by atoms with Crippen molar-refractivity contribution in [2.24, 2.45) is 0 Å². The zero-order chi connectivity index (χ0) is 12.3. The van der Waals surface area contributed by atoms with E-state index in [2.05, 4.69) is 0 Å². The van der Waals surface area contributed by atoms with E-state index in [4.69, 9.17) is 4.84 Å². The van der Waals surface area contributed by atoms with Crippen molar-refractivity contribution in [1.29, 1.82) is 0 Å². The molecule has 0 spiro atoms. The van der Waals surface area contributed by atoms with Crippen LogP contribution in [0.1, 0.15) is 0 Å². The van der Waals surface area contributed by atoms with Gasteiger partial charge in [0.05, 0.1) is 18.4 Å². The molecule has 1 heterocycles. The van der Waals surface area contributed by atoms with Crippen LogP contribution in [-0.4, -0.2) is 41.1 Å². The van der Waals surface area contributed by atoms with Crippen LogP contribution in [0.15, 0.2) is 29.2 Å². The summed E-state index contributed by atoms with van der Waals surface area (Å²) >= 11 is 1.12.